The number of ether oxygens (including phenoxy) is 1. The number of halogens is 1. The summed E-state index contributed by atoms with van der Waals surface area (Å²) in [5.74, 6) is 1.94. The zero-order valence-corrected chi connectivity index (χ0v) is 12.2. The van der Waals surface area contributed by atoms with Crippen LogP contribution in [0.15, 0.2) is 36.9 Å². The van der Waals surface area contributed by atoms with Crippen LogP contribution in [0.25, 0.3) is 5.69 Å². The van der Waals surface area contributed by atoms with E-state index in [-0.39, 0.29) is 0 Å². The van der Waals surface area contributed by atoms with E-state index >= 15 is 0 Å². The molecule has 0 saturated carbocycles. The molecule has 2 aromatic heterocycles. The van der Waals surface area contributed by atoms with Gasteiger partial charge in [-0.3, -0.25) is 4.57 Å². The van der Waals surface area contributed by atoms with Gasteiger partial charge in [0.05, 0.1) is 0 Å². The first-order valence-corrected chi connectivity index (χ1v) is 6.65. The van der Waals surface area contributed by atoms with Crippen molar-refractivity contribution in [3.63, 3.8) is 0 Å². The minimum absolute atomic E-state index is 0.386. The Balaban J connectivity index is 1.85. The predicted molar refractivity (Wildman–Crippen MR) is 77.9 cm³/mol. The lowest BCUT2D eigenvalue weighted by molar-refractivity contribution is 0.457. The summed E-state index contributed by atoms with van der Waals surface area (Å²) in [6.07, 6.45) is 3.04. The number of aryl methyl sites for hydroxylation is 1. The van der Waals surface area contributed by atoms with Crippen LogP contribution in [0, 0.1) is 13.8 Å². The molecule has 1 aromatic carbocycles. The number of hydrogen-bond acceptors (Lipinski definition) is 5. The van der Waals surface area contributed by atoms with Gasteiger partial charge in [-0.15, -0.1) is 10.2 Å². The van der Waals surface area contributed by atoms with Gasteiger partial charge in [-0.05, 0) is 38.1 Å². The topological polar surface area (TPSA) is 65.7 Å². The van der Waals surface area contributed by atoms with Crippen LogP contribution >= 0.6 is 11.6 Å². The third-order valence-electron chi connectivity index (χ3n) is 3.02. The van der Waals surface area contributed by atoms with Crippen LogP contribution in [-0.2, 0) is 0 Å². The molecular formula is C14H12ClN5O. The predicted octanol–water partition coefficient (Wildman–Crippen LogP) is 3.12. The van der Waals surface area contributed by atoms with Gasteiger partial charge in [0.1, 0.15) is 29.4 Å². The van der Waals surface area contributed by atoms with Gasteiger partial charge in [0.2, 0.25) is 5.88 Å². The molecule has 3 aromatic rings. The average molecular weight is 302 g/mol. The first kappa shape index (κ1) is 13.5. The molecule has 0 radical (unpaired) electrons. The standard InChI is InChI=1S/C14H12ClN5O/c1-9-13(15)16-7-17-14(9)21-12-5-3-11(4-6-12)20-8-18-19-10(20)2/h3-8H,1-2H3. The molecule has 7 heteroatoms. The molecule has 0 unspecified atom stereocenters. The quantitative estimate of drug-likeness (QED) is 0.695. The van der Waals surface area contributed by atoms with Crippen LogP contribution in [-0.4, -0.2) is 24.7 Å². The summed E-state index contributed by atoms with van der Waals surface area (Å²) in [5.41, 5.74) is 1.67. The average Bonchev–Trinajstić information content (AvgIpc) is 2.91. The van der Waals surface area contributed by atoms with Crippen LogP contribution in [0.3, 0.4) is 0 Å². The second-order valence-electron chi connectivity index (χ2n) is 4.44. The van der Waals surface area contributed by atoms with Crippen LogP contribution in [0.4, 0.5) is 0 Å². The third kappa shape index (κ3) is 2.71. The Kier molecular flexibility index (Phi) is 3.53. The summed E-state index contributed by atoms with van der Waals surface area (Å²) in [6, 6.07) is 7.54. The zero-order chi connectivity index (χ0) is 14.8. The molecule has 0 aliphatic rings. The molecule has 0 amide bonds. The lowest BCUT2D eigenvalue weighted by Crippen LogP contribution is -1.96. The summed E-state index contributed by atoms with van der Waals surface area (Å²) in [4.78, 5) is 7.97. The van der Waals surface area contributed by atoms with Gasteiger partial charge >= 0.3 is 0 Å². The van der Waals surface area contributed by atoms with E-state index < -0.39 is 0 Å². The van der Waals surface area contributed by atoms with Crippen LogP contribution in [0.2, 0.25) is 5.15 Å². The highest BCUT2D eigenvalue weighted by Crippen LogP contribution is 2.26. The zero-order valence-electron chi connectivity index (χ0n) is 11.5. The Hall–Kier alpha value is -2.47. The summed E-state index contributed by atoms with van der Waals surface area (Å²) < 4.78 is 7.60. The highest BCUT2D eigenvalue weighted by molar-refractivity contribution is 6.30. The van der Waals surface area contributed by atoms with Crippen molar-refractivity contribution in [2.24, 2.45) is 0 Å². The summed E-state index contributed by atoms with van der Waals surface area (Å²) in [5, 5.41) is 8.20. The molecule has 0 N–H and O–H groups in total. The second kappa shape index (κ2) is 5.49. The molecule has 0 aliphatic carbocycles. The van der Waals surface area contributed by atoms with Crippen molar-refractivity contribution in [3.05, 3.63) is 53.5 Å². The van der Waals surface area contributed by atoms with E-state index in [1.165, 1.54) is 6.33 Å². The first-order chi connectivity index (χ1) is 10.1. The molecule has 0 aliphatic heterocycles. The van der Waals surface area contributed by atoms with Crippen molar-refractivity contribution < 1.29 is 4.74 Å². The molecule has 0 atom stereocenters. The maximum Gasteiger partial charge on any atom is 0.226 e. The maximum atomic E-state index is 5.94. The van der Waals surface area contributed by atoms with Gasteiger partial charge in [0.25, 0.3) is 0 Å². The van der Waals surface area contributed by atoms with Crippen LogP contribution in [0.1, 0.15) is 11.4 Å². The van der Waals surface area contributed by atoms with Crippen LogP contribution in [0.5, 0.6) is 11.6 Å². The fourth-order valence-electron chi connectivity index (χ4n) is 1.85. The van der Waals surface area contributed by atoms with Crippen molar-refractivity contribution in [1.82, 2.24) is 24.7 Å². The van der Waals surface area contributed by atoms with E-state index in [2.05, 4.69) is 20.2 Å². The smallest absolute Gasteiger partial charge is 0.226 e. The fourth-order valence-corrected chi connectivity index (χ4v) is 1.97. The van der Waals surface area contributed by atoms with E-state index in [9.17, 15) is 0 Å². The van der Waals surface area contributed by atoms with Crippen molar-refractivity contribution >= 4 is 11.6 Å². The van der Waals surface area contributed by atoms with Crippen LogP contribution < -0.4 is 4.74 Å². The molecule has 21 heavy (non-hydrogen) atoms. The van der Waals surface area contributed by atoms with Gasteiger partial charge < -0.3 is 4.74 Å². The second-order valence-corrected chi connectivity index (χ2v) is 4.80. The highest BCUT2D eigenvalue weighted by Gasteiger charge is 2.08. The van der Waals surface area contributed by atoms with Crippen molar-refractivity contribution in [1.29, 1.82) is 0 Å². The molecule has 3 rings (SSSR count). The monoisotopic (exact) mass is 301 g/mol. The van der Waals surface area contributed by atoms with E-state index in [0.717, 1.165) is 11.5 Å². The first-order valence-electron chi connectivity index (χ1n) is 6.27. The largest absolute Gasteiger partial charge is 0.439 e. The fraction of sp³-hybridized carbons (Fsp3) is 0.143. The summed E-state index contributed by atoms with van der Waals surface area (Å²) >= 11 is 5.94. The number of aromatic nitrogens is 5. The molecule has 0 fully saturated rings. The molecular weight excluding hydrogens is 290 g/mol. The molecule has 0 saturated heterocycles. The minimum atomic E-state index is 0.386. The lowest BCUT2D eigenvalue weighted by atomic mass is 10.3. The Morgan fingerprint density at radius 2 is 1.86 bits per heavy atom. The van der Waals surface area contributed by atoms with Gasteiger partial charge in [0.15, 0.2) is 0 Å². The maximum absolute atomic E-state index is 5.94. The Bertz CT molecular complexity index is 769. The van der Waals surface area contributed by atoms with E-state index in [4.69, 9.17) is 16.3 Å². The molecule has 106 valence electrons. The molecule has 0 bridgehead atoms. The van der Waals surface area contributed by atoms with Gasteiger partial charge in [-0.1, -0.05) is 11.6 Å². The Labute approximate surface area is 126 Å². The van der Waals surface area contributed by atoms with Gasteiger partial charge in [-0.2, -0.15) is 0 Å². The minimum Gasteiger partial charge on any atom is -0.439 e. The number of hydrogen-bond donors (Lipinski definition) is 0. The molecule has 6 nitrogen and oxygen atoms in total. The van der Waals surface area contributed by atoms with E-state index in [1.54, 1.807) is 6.33 Å². The number of benzene rings is 1. The van der Waals surface area contributed by atoms with Crippen molar-refractivity contribution in [3.8, 4) is 17.3 Å². The van der Waals surface area contributed by atoms with Crippen molar-refractivity contribution in [2.75, 3.05) is 0 Å². The number of rotatable bonds is 3. The van der Waals surface area contributed by atoms with Gasteiger partial charge in [0, 0.05) is 11.3 Å². The molecule has 2 heterocycles. The normalized spacial score (nSPS) is 10.6. The van der Waals surface area contributed by atoms with Crippen molar-refractivity contribution in [2.45, 2.75) is 13.8 Å². The van der Waals surface area contributed by atoms with E-state index in [1.807, 2.05) is 42.7 Å². The lowest BCUT2D eigenvalue weighted by Gasteiger charge is -2.09. The third-order valence-corrected chi connectivity index (χ3v) is 3.40. The Morgan fingerprint density at radius 1 is 1.10 bits per heavy atom. The number of nitrogens with zero attached hydrogens (tertiary/aromatic N) is 5. The summed E-state index contributed by atoms with van der Waals surface area (Å²) in [7, 11) is 0. The SMILES string of the molecule is Cc1c(Cl)ncnc1Oc1ccc(-n2cnnc2C)cc1. The highest BCUT2D eigenvalue weighted by atomic mass is 35.5. The van der Waals surface area contributed by atoms with Gasteiger partial charge in [-0.25, -0.2) is 9.97 Å². The Morgan fingerprint density at radius 3 is 2.52 bits per heavy atom. The summed E-state index contributed by atoms with van der Waals surface area (Å²) in [6.45, 7) is 3.70. The molecule has 0 spiro atoms. The van der Waals surface area contributed by atoms with E-state index in [0.29, 0.717) is 22.3 Å².